The average molecular weight is 205 g/mol. The second-order valence-electron chi connectivity index (χ2n) is 4.12. The van der Waals surface area contributed by atoms with Crippen LogP contribution in [0.25, 0.3) is 0 Å². The topological polar surface area (TPSA) is 52.3 Å². The van der Waals surface area contributed by atoms with Crippen LogP contribution < -0.4 is 5.73 Å². The average Bonchev–Trinajstić information content (AvgIpc) is 2.52. The first-order chi connectivity index (χ1) is 7.10. The highest BCUT2D eigenvalue weighted by atomic mass is 16.5. The van der Waals surface area contributed by atoms with E-state index in [2.05, 4.69) is 0 Å². The lowest BCUT2D eigenvalue weighted by Crippen LogP contribution is -2.48. The number of fused-ring (bicyclic) bond motifs is 1. The molecular weight excluding hydrogens is 190 g/mol. The van der Waals surface area contributed by atoms with Crippen LogP contribution in [0.4, 0.5) is 0 Å². The molecule has 2 rings (SSSR count). The summed E-state index contributed by atoms with van der Waals surface area (Å²) in [5.74, 6) is -0.262. The van der Waals surface area contributed by atoms with Gasteiger partial charge in [0, 0.05) is 0 Å². The highest BCUT2D eigenvalue weighted by Crippen LogP contribution is 2.39. The summed E-state index contributed by atoms with van der Waals surface area (Å²) < 4.78 is 4.80. The minimum atomic E-state index is -0.967. The van der Waals surface area contributed by atoms with Crippen LogP contribution in [0.15, 0.2) is 24.3 Å². The molecule has 2 N–H and O–H groups in total. The Hall–Kier alpha value is -1.35. The standard InChI is InChI=1S/C12H15NO2/c1-8-7-9-5-3-4-6-10(9)12(8,13)11(14)15-2/h3-6,8H,7,13H2,1-2H3. The van der Waals surface area contributed by atoms with Crippen molar-refractivity contribution in [1.29, 1.82) is 0 Å². The summed E-state index contributed by atoms with van der Waals surface area (Å²) in [5.41, 5.74) is 7.28. The van der Waals surface area contributed by atoms with Gasteiger partial charge in [-0.3, -0.25) is 0 Å². The predicted octanol–water partition coefficient (Wildman–Crippen LogP) is 1.21. The molecule has 3 heteroatoms. The third-order valence-electron chi connectivity index (χ3n) is 3.29. The third-order valence-corrected chi connectivity index (χ3v) is 3.29. The van der Waals surface area contributed by atoms with Crippen molar-refractivity contribution in [3.05, 3.63) is 35.4 Å². The maximum Gasteiger partial charge on any atom is 0.330 e. The van der Waals surface area contributed by atoms with E-state index in [0.717, 1.165) is 17.5 Å². The van der Waals surface area contributed by atoms with E-state index in [1.54, 1.807) is 0 Å². The summed E-state index contributed by atoms with van der Waals surface area (Å²) in [6, 6.07) is 7.80. The van der Waals surface area contributed by atoms with Crippen molar-refractivity contribution in [2.75, 3.05) is 7.11 Å². The SMILES string of the molecule is COC(=O)C1(N)c2ccccc2CC1C. The third kappa shape index (κ3) is 1.27. The van der Waals surface area contributed by atoms with Crippen LogP contribution in [0.1, 0.15) is 18.1 Å². The number of nitrogens with two attached hydrogens (primary N) is 1. The fourth-order valence-electron chi connectivity index (χ4n) is 2.34. The highest BCUT2D eigenvalue weighted by Gasteiger charge is 2.48. The molecule has 2 unspecified atom stereocenters. The Morgan fingerprint density at radius 2 is 2.20 bits per heavy atom. The molecule has 1 aromatic carbocycles. The van der Waals surface area contributed by atoms with Gasteiger partial charge in [0.15, 0.2) is 0 Å². The van der Waals surface area contributed by atoms with E-state index in [-0.39, 0.29) is 11.9 Å². The Kier molecular flexibility index (Phi) is 2.27. The minimum absolute atomic E-state index is 0.0855. The van der Waals surface area contributed by atoms with Crippen molar-refractivity contribution in [1.82, 2.24) is 0 Å². The first-order valence-corrected chi connectivity index (χ1v) is 5.06. The molecule has 0 saturated carbocycles. The number of carbonyl (C=O) groups excluding carboxylic acids is 1. The number of carbonyl (C=O) groups is 1. The van der Waals surface area contributed by atoms with Gasteiger partial charge in [0.2, 0.25) is 0 Å². The molecule has 0 bridgehead atoms. The van der Waals surface area contributed by atoms with E-state index in [9.17, 15) is 4.79 Å². The van der Waals surface area contributed by atoms with E-state index in [4.69, 9.17) is 10.5 Å². The normalized spacial score (nSPS) is 28.6. The zero-order valence-corrected chi connectivity index (χ0v) is 8.99. The van der Waals surface area contributed by atoms with Gasteiger partial charge in [-0.1, -0.05) is 31.2 Å². The van der Waals surface area contributed by atoms with Crippen molar-refractivity contribution >= 4 is 5.97 Å². The summed E-state index contributed by atoms with van der Waals surface area (Å²) in [6.45, 7) is 1.98. The molecule has 0 aliphatic heterocycles. The number of ether oxygens (including phenoxy) is 1. The lowest BCUT2D eigenvalue weighted by molar-refractivity contribution is -0.149. The van der Waals surface area contributed by atoms with Crippen molar-refractivity contribution in [2.24, 2.45) is 11.7 Å². The predicted molar refractivity (Wildman–Crippen MR) is 57.2 cm³/mol. The van der Waals surface area contributed by atoms with Crippen LogP contribution in [0.2, 0.25) is 0 Å². The van der Waals surface area contributed by atoms with Gasteiger partial charge in [-0.05, 0) is 23.5 Å². The largest absolute Gasteiger partial charge is 0.467 e. The minimum Gasteiger partial charge on any atom is -0.467 e. The van der Waals surface area contributed by atoms with Gasteiger partial charge >= 0.3 is 5.97 Å². The molecule has 0 amide bonds. The zero-order valence-electron chi connectivity index (χ0n) is 8.99. The molecule has 0 fully saturated rings. The summed E-state index contributed by atoms with van der Waals surface area (Å²) in [4.78, 5) is 11.8. The van der Waals surface area contributed by atoms with Crippen LogP contribution in [-0.4, -0.2) is 13.1 Å². The number of rotatable bonds is 1. The summed E-state index contributed by atoms with van der Waals surface area (Å²) in [7, 11) is 1.38. The number of methoxy groups -OCH3 is 1. The van der Waals surface area contributed by atoms with Gasteiger partial charge in [0.05, 0.1) is 7.11 Å². The summed E-state index contributed by atoms with van der Waals surface area (Å²) in [5, 5.41) is 0. The zero-order chi connectivity index (χ0) is 11.1. The number of esters is 1. The molecule has 0 saturated heterocycles. The number of benzene rings is 1. The molecule has 2 atom stereocenters. The van der Waals surface area contributed by atoms with Crippen LogP contribution >= 0.6 is 0 Å². The Labute approximate surface area is 89.2 Å². The number of hydrogen-bond donors (Lipinski definition) is 1. The fourth-order valence-corrected chi connectivity index (χ4v) is 2.34. The summed E-state index contributed by atoms with van der Waals surface area (Å²) in [6.07, 6.45) is 0.835. The Bertz CT molecular complexity index is 402. The molecule has 0 radical (unpaired) electrons. The molecule has 0 aromatic heterocycles. The molecule has 0 spiro atoms. The molecule has 0 heterocycles. The Morgan fingerprint density at radius 3 is 2.87 bits per heavy atom. The maximum atomic E-state index is 11.8. The second kappa shape index (κ2) is 3.35. The van der Waals surface area contributed by atoms with E-state index in [1.165, 1.54) is 7.11 Å². The first-order valence-electron chi connectivity index (χ1n) is 5.06. The van der Waals surface area contributed by atoms with Gasteiger partial charge in [-0.2, -0.15) is 0 Å². The van der Waals surface area contributed by atoms with Crippen LogP contribution in [-0.2, 0) is 21.5 Å². The van der Waals surface area contributed by atoms with Crippen molar-refractivity contribution in [3.8, 4) is 0 Å². The van der Waals surface area contributed by atoms with E-state index >= 15 is 0 Å². The molecular formula is C12H15NO2. The van der Waals surface area contributed by atoms with E-state index < -0.39 is 5.54 Å². The van der Waals surface area contributed by atoms with Crippen molar-refractivity contribution in [2.45, 2.75) is 18.9 Å². The number of hydrogen-bond acceptors (Lipinski definition) is 3. The Balaban J connectivity index is 2.54. The fraction of sp³-hybridized carbons (Fsp3) is 0.417. The highest BCUT2D eigenvalue weighted by molar-refractivity contribution is 5.84. The van der Waals surface area contributed by atoms with Crippen LogP contribution in [0, 0.1) is 5.92 Å². The monoisotopic (exact) mass is 205 g/mol. The van der Waals surface area contributed by atoms with E-state index in [1.807, 2.05) is 31.2 Å². The summed E-state index contributed by atoms with van der Waals surface area (Å²) >= 11 is 0. The van der Waals surface area contributed by atoms with Crippen molar-refractivity contribution in [3.63, 3.8) is 0 Å². The van der Waals surface area contributed by atoms with Crippen LogP contribution in [0.3, 0.4) is 0 Å². The van der Waals surface area contributed by atoms with Gasteiger partial charge in [0.1, 0.15) is 5.54 Å². The van der Waals surface area contributed by atoms with Gasteiger partial charge < -0.3 is 10.5 Å². The van der Waals surface area contributed by atoms with Gasteiger partial charge in [-0.15, -0.1) is 0 Å². The smallest absolute Gasteiger partial charge is 0.330 e. The molecule has 3 nitrogen and oxygen atoms in total. The van der Waals surface area contributed by atoms with Gasteiger partial charge in [-0.25, -0.2) is 4.79 Å². The van der Waals surface area contributed by atoms with Crippen molar-refractivity contribution < 1.29 is 9.53 Å². The first kappa shape index (κ1) is 10.2. The van der Waals surface area contributed by atoms with E-state index in [0.29, 0.717) is 0 Å². The quantitative estimate of drug-likeness (QED) is 0.701. The molecule has 80 valence electrons. The lowest BCUT2D eigenvalue weighted by atomic mass is 9.86. The Morgan fingerprint density at radius 1 is 1.53 bits per heavy atom. The molecule has 1 aliphatic rings. The maximum absolute atomic E-state index is 11.8. The van der Waals surface area contributed by atoms with Crippen LogP contribution in [0.5, 0.6) is 0 Å². The second-order valence-corrected chi connectivity index (χ2v) is 4.12. The molecule has 1 aromatic rings. The molecule has 15 heavy (non-hydrogen) atoms. The lowest BCUT2D eigenvalue weighted by Gasteiger charge is -2.26. The van der Waals surface area contributed by atoms with Gasteiger partial charge in [0.25, 0.3) is 0 Å². The molecule has 1 aliphatic carbocycles.